The summed E-state index contributed by atoms with van der Waals surface area (Å²) < 4.78 is 0. The molecule has 0 aromatic rings. The van der Waals surface area contributed by atoms with Crippen LogP contribution in [-0.4, -0.2) is 0 Å². The van der Waals surface area contributed by atoms with E-state index in [0.717, 1.165) is 0 Å². The Morgan fingerprint density at radius 2 is 2.09 bits per heavy atom. The SMILES string of the molecule is C=C(C#N)/C=C\C=C/C(C)C. The van der Waals surface area contributed by atoms with E-state index in [1.807, 2.05) is 18.2 Å². The molecule has 0 spiro atoms. The average molecular weight is 147 g/mol. The van der Waals surface area contributed by atoms with Crippen molar-refractivity contribution in [2.75, 3.05) is 0 Å². The molecular formula is C10H13N. The van der Waals surface area contributed by atoms with Gasteiger partial charge in [-0.05, 0) is 12.0 Å². The molecule has 0 heterocycles. The predicted octanol–water partition coefficient (Wildman–Crippen LogP) is 2.83. The van der Waals surface area contributed by atoms with E-state index in [1.54, 1.807) is 6.08 Å². The van der Waals surface area contributed by atoms with E-state index >= 15 is 0 Å². The van der Waals surface area contributed by atoms with Gasteiger partial charge in [-0.2, -0.15) is 5.26 Å². The molecule has 0 aliphatic carbocycles. The van der Waals surface area contributed by atoms with Gasteiger partial charge >= 0.3 is 0 Å². The lowest BCUT2D eigenvalue weighted by atomic mass is 10.2. The minimum Gasteiger partial charge on any atom is -0.192 e. The summed E-state index contributed by atoms with van der Waals surface area (Å²) in [5.41, 5.74) is 0.485. The van der Waals surface area contributed by atoms with Gasteiger partial charge in [0.2, 0.25) is 0 Å². The molecule has 0 aliphatic heterocycles. The summed E-state index contributed by atoms with van der Waals surface area (Å²) in [4.78, 5) is 0. The van der Waals surface area contributed by atoms with E-state index < -0.39 is 0 Å². The molecule has 0 aromatic heterocycles. The highest BCUT2D eigenvalue weighted by atomic mass is 14.2. The average Bonchev–Trinajstić information content (AvgIpc) is 1.97. The number of nitrogens with zero attached hydrogens (tertiary/aromatic N) is 1. The monoisotopic (exact) mass is 147 g/mol. The minimum atomic E-state index is 0.485. The quantitative estimate of drug-likeness (QED) is 0.445. The Hall–Kier alpha value is -1.29. The summed E-state index contributed by atoms with van der Waals surface area (Å²) >= 11 is 0. The molecule has 0 unspecified atom stereocenters. The molecule has 0 radical (unpaired) electrons. The van der Waals surface area contributed by atoms with Crippen molar-refractivity contribution in [2.24, 2.45) is 5.92 Å². The summed E-state index contributed by atoms with van der Waals surface area (Å²) in [6.07, 6.45) is 7.50. The molecule has 0 bridgehead atoms. The summed E-state index contributed by atoms with van der Waals surface area (Å²) in [7, 11) is 0. The van der Waals surface area contributed by atoms with Crippen molar-refractivity contribution in [1.82, 2.24) is 0 Å². The van der Waals surface area contributed by atoms with Gasteiger partial charge in [-0.15, -0.1) is 0 Å². The number of hydrogen-bond acceptors (Lipinski definition) is 1. The van der Waals surface area contributed by atoms with Crippen molar-refractivity contribution in [3.8, 4) is 6.07 Å². The van der Waals surface area contributed by atoms with Gasteiger partial charge < -0.3 is 0 Å². The third kappa shape index (κ3) is 6.60. The first-order valence-electron chi connectivity index (χ1n) is 3.60. The Labute approximate surface area is 68.3 Å². The van der Waals surface area contributed by atoms with Gasteiger partial charge in [0.1, 0.15) is 0 Å². The Balaban J connectivity index is 3.80. The van der Waals surface area contributed by atoms with E-state index in [0.29, 0.717) is 11.5 Å². The van der Waals surface area contributed by atoms with Crippen molar-refractivity contribution in [2.45, 2.75) is 13.8 Å². The molecule has 1 nitrogen and oxygen atoms in total. The predicted molar refractivity (Wildman–Crippen MR) is 47.9 cm³/mol. The van der Waals surface area contributed by atoms with E-state index in [4.69, 9.17) is 5.26 Å². The van der Waals surface area contributed by atoms with Crippen LogP contribution in [0.5, 0.6) is 0 Å². The fourth-order valence-electron chi connectivity index (χ4n) is 0.495. The molecule has 0 aromatic carbocycles. The van der Waals surface area contributed by atoms with Crippen molar-refractivity contribution < 1.29 is 0 Å². The van der Waals surface area contributed by atoms with Crippen molar-refractivity contribution in [3.05, 3.63) is 36.5 Å². The van der Waals surface area contributed by atoms with Crippen LogP contribution in [0.3, 0.4) is 0 Å². The van der Waals surface area contributed by atoms with Crippen molar-refractivity contribution in [1.29, 1.82) is 5.26 Å². The Morgan fingerprint density at radius 1 is 1.45 bits per heavy atom. The van der Waals surface area contributed by atoms with Crippen LogP contribution in [0.15, 0.2) is 36.5 Å². The molecule has 0 amide bonds. The van der Waals surface area contributed by atoms with Gasteiger partial charge in [0.25, 0.3) is 0 Å². The van der Waals surface area contributed by atoms with Crippen LogP contribution in [0, 0.1) is 17.2 Å². The van der Waals surface area contributed by atoms with E-state index in [9.17, 15) is 0 Å². The molecule has 1 heteroatoms. The van der Waals surface area contributed by atoms with Gasteiger partial charge in [-0.25, -0.2) is 0 Å². The highest BCUT2D eigenvalue weighted by Gasteiger charge is 1.80. The summed E-state index contributed by atoms with van der Waals surface area (Å²) in [5.74, 6) is 0.551. The van der Waals surface area contributed by atoms with Gasteiger partial charge in [-0.3, -0.25) is 0 Å². The zero-order chi connectivity index (χ0) is 8.69. The summed E-state index contributed by atoms with van der Waals surface area (Å²) in [5, 5.41) is 8.32. The van der Waals surface area contributed by atoms with E-state index in [-0.39, 0.29) is 0 Å². The van der Waals surface area contributed by atoms with Gasteiger partial charge in [0, 0.05) is 5.57 Å². The minimum absolute atomic E-state index is 0.485. The van der Waals surface area contributed by atoms with Crippen LogP contribution >= 0.6 is 0 Å². The molecule has 0 saturated carbocycles. The number of nitriles is 1. The maximum atomic E-state index is 8.32. The van der Waals surface area contributed by atoms with Crippen LogP contribution in [0.4, 0.5) is 0 Å². The van der Waals surface area contributed by atoms with Crippen LogP contribution in [0.2, 0.25) is 0 Å². The number of hydrogen-bond donors (Lipinski definition) is 0. The summed E-state index contributed by atoms with van der Waals surface area (Å²) in [6.45, 7) is 7.71. The largest absolute Gasteiger partial charge is 0.192 e. The standard InChI is InChI=1S/C10H13N/c1-9(2)6-4-5-7-10(3)8-11/h4-7,9H,3H2,1-2H3/b6-4-,7-5-. The molecule has 11 heavy (non-hydrogen) atoms. The molecule has 0 saturated heterocycles. The first-order chi connectivity index (χ1) is 5.16. The topological polar surface area (TPSA) is 23.8 Å². The number of rotatable bonds is 3. The van der Waals surface area contributed by atoms with Gasteiger partial charge in [0.15, 0.2) is 0 Å². The van der Waals surface area contributed by atoms with E-state index in [2.05, 4.69) is 26.5 Å². The lowest BCUT2D eigenvalue weighted by molar-refractivity contribution is 0.832. The second-order valence-corrected chi connectivity index (χ2v) is 2.63. The molecule has 0 N–H and O–H groups in total. The third-order valence-electron chi connectivity index (χ3n) is 1.05. The molecule has 0 atom stereocenters. The summed E-state index contributed by atoms with van der Waals surface area (Å²) in [6, 6.07) is 1.94. The fraction of sp³-hybridized carbons (Fsp3) is 0.300. The van der Waals surface area contributed by atoms with Crippen LogP contribution < -0.4 is 0 Å². The van der Waals surface area contributed by atoms with Crippen LogP contribution in [0.25, 0.3) is 0 Å². The maximum Gasteiger partial charge on any atom is 0.0985 e. The van der Waals surface area contributed by atoms with Gasteiger partial charge in [0.05, 0.1) is 6.07 Å². The Bertz CT molecular complexity index is 214. The second kappa shape index (κ2) is 5.49. The molecule has 0 fully saturated rings. The second-order valence-electron chi connectivity index (χ2n) is 2.63. The maximum absolute atomic E-state index is 8.32. The smallest absolute Gasteiger partial charge is 0.0985 e. The highest BCUT2D eigenvalue weighted by Crippen LogP contribution is 1.95. The van der Waals surface area contributed by atoms with Crippen molar-refractivity contribution >= 4 is 0 Å². The van der Waals surface area contributed by atoms with Crippen LogP contribution in [0.1, 0.15) is 13.8 Å². The van der Waals surface area contributed by atoms with Crippen LogP contribution in [-0.2, 0) is 0 Å². The Morgan fingerprint density at radius 3 is 2.55 bits per heavy atom. The lowest BCUT2D eigenvalue weighted by Gasteiger charge is -1.88. The molecular weight excluding hydrogens is 134 g/mol. The zero-order valence-electron chi connectivity index (χ0n) is 7.04. The first-order valence-corrected chi connectivity index (χ1v) is 3.60. The lowest BCUT2D eigenvalue weighted by Crippen LogP contribution is -1.74. The fourth-order valence-corrected chi connectivity index (χ4v) is 0.495. The van der Waals surface area contributed by atoms with Crippen molar-refractivity contribution in [3.63, 3.8) is 0 Å². The highest BCUT2D eigenvalue weighted by molar-refractivity contribution is 5.31. The van der Waals surface area contributed by atoms with E-state index in [1.165, 1.54) is 0 Å². The molecule has 0 rings (SSSR count). The normalized spacial score (nSPS) is 11.1. The third-order valence-corrected chi connectivity index (χ3v) is 1.05. The molecule has 58 valence electrons. The first kappa shape index (κ1) is 9.71. The zero-order valence-corrected chi connectivity index (χ0v) is 7.04. The van der Waals surface area contributed by atoms with Gasteiger partial charge in [-0.1, -0.05) is 38.7 Å². The molecule has 0 aliphatic rings. The Kier molecular flexibility index (Phi) is 4.85. The number of allylic oxidation sites excluding steroid dienone is 5.